The Morgan fingerprint density at radius 2 is 2.14 bits per heavy atom. The van der Waals surface area contributed by atoms with Gasteiger partial charge in [0.2, 0.25) is 0 Å². The first kappa shape index (κ1) is 15.7. The molecule has 0 radical (unpaired) electrons. The Morgan fingerprint density at radius 3 is 2.86 bits per heavy atom. The highest BCUT2D eigenvalue weighted by Crippen LogP contribution is 2.27. The van der Waals surface area contributed by atoms with Crippen LogP contribution in [0.2, 0.25) is 5.02 Å². The molecule has 0 saturated carbocycles. The molecule has 0 aliphatic rings. The van der Waals surface area contributed by atoms with E-state index in [0.29, 0.717) is 28.9 Å². The molecule has 1 aromatic heterocycles. The van der Waals surface area contributed by atoms with Crippen molar-refractivity contribution in [1.29, 1.82) is 0 Å². The zero-order chi connectivity index (χ0) is 15.2. The number of pyridine rings is 1. The van der Waals surface area contributed by atoms with Gasteiger partial charge in [0.05, 0.1) is 6.20 Å². The number of rotatable bonds is 6. The number of aromatic nitrogens is 1. The number of nitrogens with one attached hydrogen (secondary N) is 1. The van der Waals surface area contributed by atoms with Crippen LogP contribution in [-0.4, -0.2) is 11.0 Å². The molecule has 0 aliphatic heterocycles. The number of ether oxygens (including phenoxy) is 1. The number of halogens is 2. The molecular formula is C16H18ClFN2O. The molecular weight excluding hydrogens is 291 g/mol. The smallest absolute Gasteiger partial charge is 0.141 e. The van der Waals surface area contributed by atoms with Crippen molar-refractivity contribution < 1.29 is 9.13 Å². The lowest BCUT2D eigenvalue weighted by molar-refractivity contribution is 0.300. The lowest BCUT2D eigenvalue weighted by Gasteiger charge is -2.15. The van der Waals surface area contributed by atoms with Crippen LogP contribution in [0.3, 0.4) is 0 Å². The Bertz CT molecular complexity index is 605. The Hall–Kier alpha value is -1.65. The van der Waals surface area contributed by atoms with Crippen molar-refractivity contribution in [2.24, 2.45) is 0 Å². The summed E-state index contributed by atoms with van der Waals surface area (Å²) in [6.45, 7) is 5.00. The van der Waals surface area contributed by atoms with Gasteiger partial charge in [0.15, 0.2) is 0 Å². The van der Waals surface area contributed by atoms with Gasteiger partial charge >= 0.3 is 0 Å². The van der Waals surface area contributed by atoms with Crippen molar-refractivity contribution in [3.05, 3.63) is 58.6 Å². The molecule has 1 heterocycles. The Balaban J connectivity index is 2.10. The monoisotopic (exact) mass is 308 g/mol. The van der Waals surface area contributed by atoms with Gasteiger partial charge in [-0.2, -0.15) is 0 Å². The third kappa shape index (κ3) is 4.69. The largest absolute Gasteiger partial charge is 0.488 e. The van der Waals surface area contributed by atoms with Gasteiger partial charge in [-0.05, 0) is 18.2 Å². The lowest BCUT2D eigenvalue weighted by Crippen LogP contribution is -2.22. The summed E-state index contributed by atoms with van der Waals surface area (Å²) in [5.41, 5.74) is 1.58. The quantitative estimate of drug-likeness (QED) is 0.877. The van der Waals surface area contributed by atoms with Gasteiger partial charge in [0, 0.05) is 34.9 Å². The van der Waals surface area contributed by atoms with Crippen LogP contribution in [0.25, 0.3) is 0 Å². The van der Waals surface area contributed by atoms with Crippen LogP contribution in [0.5, 0.6) is 5.75 Å². The Kier molecular flexibility index (Phi) is 5.53. The molecule has 3 nitrogen and oxygen atoms in total. The van der Waals surface area contributed by atoms with Crippen molar-refractivity contribution in [2.75, 3.05) is 0 Å². The van der Waals surface area contributed by atoms with E-state index in [1.54, 1.807) is 6.20 Å². The second kappa shape index (κ2) is 7.38. The zero-order valence-corrected chi connectivity index (χ0v) is 12.8. The second-order valence-electron chi connectivity index (χ2n) is 5.05. The fourth-order valence-electron chi connectivity index (χ4n) is 1.85. The lowest BCUT2D eigenvalue weighted by atomic mass is 10.2. The minimum atomic E-state index is -0.371. The van der Waals surface area contributed by atoms with Crippen LogP contribution in [0.15, 0.2) is 36.7 Å². The van der Waals surface area contributed by atoms with Crippen LogP contribution in [-0.2, 0) is 13.2 Å². The van der Waals surface area contributed by atoms with Crippen LogP contribution in [0.1, 0.15) is 25.0 Å². The predicted molar refractivity (Wildman–Crippen MR) is 82.0 cm³/mol. The Labute approximate surface area is 129 Å². The number of hydrogen-bond donors (Lipinski definition) is 1. The molecule has 2 rings (SSSR count). The summed E-state index contributed by atoms with van der Waals surface area (Å²) in [6, 6.07) is 7.27. The normalized spacial score (nSPS) is 10.9. The first-order chi connectivity index (χ1) is 10.1. The first-order valence-electron chi connectivity index (χ1n) is 6.79. The van der Waals surface area contributed by atoms with E-state index < -0.39 is 0 Å². The number of nitrogens with zero attached hydrogens (tertiary/aromatic N) is 1. The molecule has 0 saturated heterocycles. The summed E-state index contributed by atoms with van der Waals surface area (Å²) in [5, 5.41) is 3.96. The van der Waals surface area contributed by atoms with Gasteiger partial charge in [-0.25, -0.2) is 4.39 Å². The molecule has 0 bridgehead atoms. The standard InChI is InChI=1S/C16H18ClFN2O/c1-11(2)20-9-14-15(17)4-3-5-16(14)21-10-12-6-13(18)8-19-7-12/h3-8,11,20H,9-10H2,1-2H3. The topological polar surface area (TPSA) is 34.1 Å². The second-order valence-corrected chi connectivity index (χ2v) is 5.46. The van der Waals surface area contributed by atoms with E-state index in [-0.39, 0.29) is 12.4 Å². The van der Waals surface area contributed by atoms with Crippen molar-refractivity contribution in [3.8, 4) is 5.75 Å². The summed E-state index contributed by atoms with van der Waals surface area (Å²) < 4.78 is 18.9. The van der Waals surface area contributed by atoms with E-state index >= 15 is 0 Å². The minimum absolute atomic E-state index is 0.250. The molecule has 2 aromatic rings. The summed E-state index contributed by atoms with van der Waals surface area (Å²) in [5.74, 6) is 0.323. The fourth-order valence-corrected chi connectivity index (χ4v) is 2.08. The summed E-state index contributed by atoms with van der Waals surface area (Å²) >= 11 is 6.23. The van der Waals surface area contributed by atoms with Crippen LogP contribution >= 0.6 is 11.6 Å². The zero-order valence-electron chi connectivity index (χ0n) is 12.1. The van der Waals surface area contributed by atoms with Gasteiger partial charge in [0.25, 0.3) is 0 Å². The Morgan fingerprint density at radius 1 is 1.33 bits per heavy atom. The highest BCUT2D eigenvalue weighted by Gasteiger charge is 2.09. The third-order valence-electron chi connectivity index (χ3n) is 2.92. The van der Waals surface area contributed by atoms with Crippen LogP contribution in [0, 0.1) is 5.82 Å². The maximum atomic E-state index is 13.1. The average molecular weight is 309 g/mol. The summed E-state index contributed by atoms with van der Waals surface area (Å²) in [4.78, 5) is 3.80. The van der Waals surface area contributed by atoms with Crippen molar-refractivity contribution in [2.45, 2.75) is 33.0 Å². The van der Waals surface area contributed by atoms with Gasteiger partial charge in [-0.3, -0.25) is 4.98 Å². The maximum absolute atomic E-state index is 13.1. The number of hydrogen-bond acceptors (Lipinski definition) is 3. The predicted octanol–water partition coefficient (Wildman–Crippen LogP) is 3.95. The third-order valence-corrected chi connectivity index (χ3v) is 3.27. The van der Waals surface area contributed by atoms with Crippen LogP contribution in [0.4, 0.5) is 4.39 Å². The molecule has 0 atom stereocenters. The highest BCUT2D eigenvalue weighted by molar-refractivity contribution is 6.31. The van der Waals surface area contributed by atoms with E-state index in [1.807, 2.05) is 18.2 Å². The summed E-state index contributed by atoms with van der Waals surface area (Å²) in [6.07, 6.45) is 2.75. The van der Waals surface area contributed by atoms with Crippen molar-refractivity contribution in [3.63, 3.8) is 0 Å². The van der Waals surface area contributed by atoms with E-state index in [9.17, 15) is 4.39 Å². The summed E-state index contributed by atoms with van der Waals surface area (Å²) in [7, 11) is 0. The molecule has 112 valence electrons. The first-order valence-corrected chi connectivity index (χ1v) is 7.17. The highest BCUT2D eigenvalue weighted by atomic mass is 35.5. The van der Waals surface area contributed by atoms with Crippen molar-refractivity contribution >= 4 is 11.6 Å². The molecule has 1 N–H and O–H groups in total. The SMILES string of the molecule is CC(C)NCc1c(Cl)cccc1OCc1cncc(F)c1. The molecule has 0 spiro atoms. The van der Waals surface area contributed by atoms with Gasteiger partial charge in [0.1, 0.15) is 18.2 Å². The fraction of sp³-hybridized carbons (Fsp3) is 0.312. The molecule has 0 amide bonds. The number of benzene rings is 1. The van der Waals surface area contributed by atoms with Gasteiger partial charge in [-0.15, -0.1) is 0 Å². The average Bonchev–Trinajstić information content (AvgIpc) is 2.44. The van der Waals surface area contributed by atoms with Crippen molar-refractivity contribution in [1.82, 2.24) is 10.3 Å². The molecule has 0 aliphatic carbocycles. The minimum Gasteiger partial charge on any atom is -0.488 e. The van der Waals surface area contributed by atoms with Gasteiger partial charge in [-0.1, -0.05) is 31.5 Å². The van der Waals surface area contributed by atoms with E-state index in [1.165, 1.54) is 12.3 Å². The molecule has 21 heavy (non-hydrogen) atoms. The van der Waals surface area contributed by atoms with E-state index in [2.05, 4.69) is 24.1 Å². The van der Waals surface area contributed by atoms with E-state index in [0.717, 1.165) is 5.56 Å². The molecule has 1 aromatic carbocycles. The molecule has 5 heteroatoms. The van der Waals surface area contributed by atoms with Gasteiger partial charge < -0.3 is 10.1 Å². The van der Waals surface area contributed by atoms with E-state index in [4.69, 9.17) is 16.3 Å². The maximum Gasteiger partial charge on any atom is 0.141 e. The molecule has 0 unspecified atom stereocenters. The molecule has 0 fully saturated rings. The van der Waals surface area contributed by atoms with Crippen LogP contribution < -0.4 is 10.1 Å².